The van der Waals surface area contributed by atoms with Crippen LogP contribution in [0.25, 0.3) is 10.6 Å². The number of rotatable bonds is 6. The standard InChI is InChI=1S/C15H20N2OS.HI/c1-17(2,3)8-4-6-12-10-13(16-14(12)11-18)15-7-5-9-19-15;/h5,7,9-11H,4,6,8H2,1-3H3;1H. The molecule has 3 nitrogen and oxygen atoms in total. The molecule has 0 spiro atoms. The Bertz CT molecular complexity index is 541. The summed E-state index contributed by atoms with van der Waals surface area (Å²) < 4.78 is 0.957. The van der Waals surface area contributed by atoms with Crippen LogP contribution in [0.4, 0.5) is 0 Å². The van der Waals surface area contributed by atoms with E-state index in [0.29, 0.717) is 0 Å². The van der Waals surface area contributed by atoms with Crippen molar-refractivity contribution < 1.29 is 33.3 Å². The number of aromatic nitrogens is 1. The van der Waals surface area contributed by atoms with Gasteiger partial charge in [0.15, 0.2) is 6.29 Å². The number of quaternary nitrogens is 1. The van der Waals surface area contributed by atoms with Crippen LogP contribution in [0.1, 0.15) is 22.5 Å². The number of nitrogens with zero attached hydrogens (tertiary/aromatic N) is 1. The predicted octanol–water partition coefficient (Wildman–Crippen LogP) is 0.198. The Labute approximate surface area is 141 Å². The number of hydrogen-bond acceptors (Lipinski definition) is 2. The van der Waals surface area contributed by atoms with Crippen molar-refractivity contribution in [1.29, 1.82) is 0 Å². The molecule has 0 aliphatic rings. The summed E-state index contributed by atoms with van der Waals surface area (Å²) in [6, 6.07) is 6.21. The fourth-order valence-electron chi connectivity index (χ4n) is 2.13. The van der Waals surface area contributed by atoms with Crippen LogP contribution in [-0.4, -0.2) is 43.4 Å². The largest absolute Gasteiger partial charge is 1.00 e. The number of hydrogen-bond donors (Lipinski definition) is 1. The van der Waals surface area contributed by atoms with Crippen LogP contribution < -0.4 is 24.0 Å². The molecule has 0 aliphatic heterocycles. The fourth-order valence-corrected chi connectivity index (χ4v) is 2.83. The Hall–Kier alpha value is -0.660. The lowest BCUT2D eigenvalue weighted by atomic mass is 10.1. The SMILES string of the molecule is C[N+](C)(C)CCCc1cc(-c2cccs2)[nH]c1C=O.[I-]. The molecule has 2 rings (SSSR count). The summed E-state index contributed by atoms with van der Waals surface area (Å²) in [5, 5.41) is 2.05. The first-order valence-corrected chi connectivity index (χ1v) is 7.39. The number of nitrogens with one attached hydrogen (secondary N) is 1. The summed E-state index contributed by atoms with van der Waals surface area (Å²) in [6.45, 7) is 1.11. The second-order valence-corrected chi connectivity index (χ2v) is 6.78. The highest BCUT2D eigenvalue weighted by Gasteiger charge is 2.12. The maximum Gasteiger partial charge on any atom is 0.166 e. The summed E-state index contributed by atoms with van der Waals surface area (Å²) in [7, 11) is 6.57. The van der Waals surface area contributed by atoms with Gasteiger partial charge in [-0.3, -0.25) is 4.79 Å². The van der Waals surface area contributed by atoms with Gasteiger partial charge in [0, 0.05) is 6.42 Å². The van der Waals surface area contributed by atoms with Gasteiger partial charge in [0.25, 0.3) is 0 Å². The lowest BCUT2D eigenvalue weighted by Gasteiger charge is -2.23. The van der Waals surface area contributed by atoms with Gasteiger partial charge < -0.3 is 33.4 Å². The van der Waals surface area contributed by atoms with Gasteiger partial charge in [-0.15, -0.1) is 11.3 Å². The third-order valence-corrected chi connectivity index (χ3v) is 4.02. The van der Waals surface area contributed by atoms with Crippen LogP contribution in [0.2, 0.25) is 0 Å². The zero-order chi connectivity index (χ0) is 13.9. The van der Waals surface area contributed by atoms with Crippen LogP contribution in [0, 0.1) is 0 Å². The Morgan fingerprint density at radius 2 is 2.10 bits per heavy atom. The van der Waals surface area contributed by atoms with Crippen molar-refractivity contribution in [3.05, 3.63) is 34.8 Å². The summed E-state index contributed by atoms with van der Waals surface area (Å²) in [6.07, 6.45) is 2.97. The molecule has 0 bridgehead atoms. The van der Waals surface area contributed by atoms with Crippen LogP contribution >= 0.6 is 11.3 Å². The molecular formula is C15H21IN2OS. The van der Waals surface area contributed by atoms with Gasteiger partial charge in [0.1, 0.15) is 0 Å². The molecule has 110 valence electrons. The molecule has 0 fully saturated rings. The molecule has 2 heterocycles. The molecule has 0 amide bonds. The van der Waals surface area contributed by atoms with Crippen molar-refractivity contribution in [2.24, 2.45) is 0 Å². The van der Waals surface area contributed by atoms with Crippen molar-refractivity contribution in [2.45, 2.75) is 12.8 Å². The maximum absolute atomic E-state index is 11.1. The Morgan fingerprint density at radius 1 is 1.35 bits per heavy atom. The number of carbonyl (C=O) groups is 1. The van der Waals surface area contributed by atoms with E-state index in [-0.39, 0.29) is 24.0 Å². The van der Waals surface area contributed by atoms with E-state index in [0.717, 1.165) is 47.1 Å². The predicted molar refractivity (Wildman–Crippen MR) is 80.7 cm³/mol. The van der Waals surface area contributed by atoms with Crippen LogP contribution in [0.3, 0.4) is 0 Å². The zero-order valence-corrected chi connectivity index (χ0v) is 15.1. The average molecular weight is 404 g/mol. The minimum Gasteiger partial charge on any atom is -1.00 e. The highest BCUT2D eigenvalue weighted by molar-refractivity contribution is 7.13. The van der Waals surface area contributed by atoms with E-state index in [1.807, 2.05) is 11.4 Å². The number of aldehydes is 1. The first-order chi connectivity index (χ1) is 8.99. The highest BCUT2D eigenvalue weighted by Crippen LogP contribution is 2.26. The van der Waals surface area contributed by atoms with Crippen molar-refractivity contribution >= 4 is 17.6 Å². The van der Waals surface area contributed by atoms with Crippen LogP contribution in [0.15, 0.2) is 23.6 Å². The van der Waals surface area contributed by atoms with E-state index in [4.69, 9.17) is 0 Å². The molecular weight excluding hydrogens is 383 g/mol. The van der Waals surface area contributed by atoms with E-state index in [1.54, 1.807) is 11.3 Å². The molecule has 2 aromatic heterocycles. The molecule has 0 unspecified atom stereocenters. The quantitative estimate of drug-likeness (QED) is 0.417. The van der Waals surface area contributed by atoms with E-state index in [1.165, 1.54) is 4.88 Å². The summed E-state index contributed by atoms with van der Waals surface area (Å²) in [5.41, 5.74) is 2.91. The maximum atomic E-state index is 11.1. The van der Waals surface area contributed by atoms with Gasteiger partial charge in [-0.1, -0.05) is 6.07 Å². The minimum atomic E-state index is 0. The van der Waals surface area contributed by atoms with Gasteiger partial charge in [-0.2, -0.15) is 0 Å². The fraction of sp³-hybridized carbons (Fsp3) is 0.400. The molecule has 1 N–H and O–H groups in total. The first-order valence-electron chi connectivity index (χ1n) is 6.51. The molecule has 5 heteroatoms. The van der Waals surface area contributed by atoms with Gasteiger partial charge in [0.2, 0.25) is 0 Å². The van der Waals surface area contributed by atoms with Crippen LogP contribution in [-0.2, 0) is 6.42 Å². The number of aromatic amines is 1. The second-order valence-electron chi connectivity index (χ2n) is 5.83. The summed E-state index contributed by atoms with van der Waals surface area (Å²) >= 11 is 1.69. The third kappa shape index (κ3) is 4.71. The Morgan fingerprint density at radius 3 is 2.65 bits per heavy atom. The van der Waals surface area contributed by atoms with E-state index < -0.39 is 0 Å². The van der Waals surface area contributed by atoms with Crippen molar-refractivity contribution in [3.8, 4) is 10.6 Å². The van der Waals surface area contributed by atoms with Crippen molar-refractivity contribution in [1.82, 2.24) is 4.98 Å². The number of aryl methyl sites for hydroxylation is 1. The lowest BCUT2D eigenvalue weighted by Crippen LogP contribution is -3.00. The van der Waals surface area contributed by atoms with Gasteiger partial charge in [-0.25, -0.2) is 0 Å². The Balaban J connectivity index is 0.00000200. The number of H-pyrrole nitrogens is 1. The molecule has 0 aromatic carbocycles. The summed E-state index contributed by atoms with van der Waals surface area (Å²) in [4.78, 5) is 15.5. The number of halogens is 1. The number of thiophene rings is 1. The van der Waals surface area contributed by atoms with E-state index in [2.05, 4.69) is 38.3 Å². The second kappa shape index (κ2) is 7.38. The molecule has 0 saturated carbocycles. The molecule has 20 heavy (non-hydrogen) atoms. The van der Waals surface area contributed by atoms with Crippen molar-refractivity contribution in [2.75, 3.05) is 27.7 Å². The molecule has 0 radical (unpaired) electrons. The van der Waals surface area contributed by atoms with Gasteiger partial charge in [0.05, 0.1) is 44.0 Å². The monoisotopic (exact) mass is 404 g/mol. The normalized spacial score (nSPS) is 11.2. The molecule has 0 saturated heterocycles. The van der Waals surface area contributed by atoms with Gasteiger partial charge >= 0.3 is 0 Å². The smallest absolute Gasteiger partial charge is 0.166 e. The van der Waals surface area contributed by atoms with Crippen molar-refractivity contribution in [3.63, 3.8) is 0 Å². The van der Waals surface area contributed by atoms with E-state index >= 15 is 0 Å². The van der Waals surface area contributed by atoms with Gasteiger partial charge in [-0.05, 0) is 29.5 Å². The topological polar surface area (TPSA) is 32.9 Å². The molecule has 2 aromatic rings. The lowest BCUT2D eigenvalue weighted by molar-refractivity contribution is -0.870. The van der Waals surface area contributed by atoms with E-state index in [9.17, 15) is 4.79 Å². The zero-order valence-electron chi connectivity index (χ0n) is 12.1. The number of carbonyl (C=O) groups excluding carboxylic acids is 1. The van der Waals surface area contributed by atoms with Crippen LogP contribution in [0.5, 0.6) is 0 Å². The third-order valence-electron chi connectivity index (χ3n) is 3.11. The Kier molecular flexibility index (Phi) is 6.42. The summed E-state index contributed by atoms with van der Waals surface area (Å²) in [5.74, 6) is 0. The highest BCUT2D eigenvalue weighted by atomic mass is 127. The molecule has 0 aliphatic carbocycles. The molecule has 0 atom stereocenters. The minimum absolute atomic E-state index is 0. The average Bonchev–Trinajstić information content (AvgIpc) is 2.95. The first kappa shape index (κ1) is 17.4.